The van der Waals surface area contributed by atoms with Gasteiger partial charge in [0.05, 0.1) is 18.2 Å². The molecule has 6 rings (SSSR count). The summed E-state index contributed by atoms with van der Waals surface area (Å²) in [5.41, 5.74) is 0.463. The Bertz CT molecular complexity index is 789. The number of aromatic amines is 1. The number of amidine groups is 1. The van der Waals surface area contributed by atoms with Gasteiger partial charge in [0.2, 0.25) is 0 Å². The molecule has 1 aromatic heterocycles. The second-order valence-corrected chi connectivity index (χ2v) is 8.85. The molecule has 3 fully saturated rings. The van der Waals surface area contributed by atoms with E-state index in [1.54, 1.807) is 0 Å². The average molecular weight is 371 g/mol. The number of H-pyrrole nitrogens is 1. The van der Waals surface area contributed by atoms with Gasteiger partial charge in [0.1, 0.15) is 11.5 Å². The Labute approximate surface area is 159 Å². The Morgan fingerprint density at radius 2 is 1.89 bits per heavy atom. The van der Waals surface area contributed by atoms with Crippen LogP contribution in [0.15, 0.2) is 4.99 Å². The first kappa shape index (κ1) is 17.2. The van der Waals surface area contributed by atoms with E-state index in [-0.39, 0.29) is 17.5 Å². The molecule has 1 aromatic rings. The number of imidazole rings is 1. The van der Waals surface area contributed by atoms with Crippen molar-refractivity contribution in [2.24, 2.45) is 4.99 Å². The van der Waals surface area contributed by atoms with Gasteiger partial charge in [0.25, 0.3) is 0 Å². The van der Waals surface area contributed by atoms with Crippen LogP contribution < -0.4 is 4.90 Å². The molecule has 0 aromatic carbocycles. The molecule has 0 unspecified atom stereocenters. The zero-order valence-electron chi connectivity index (χ0n) is 16.3. The van der Waals surface area contributed by atoms with E-state index in [0.717, 1.165) is 74.5 Å². The van der Waals surface area contributed by atoms with E-state index < -0.39 is 5.60 Å². The van der Waals surface area contributed by atoms with Crippen molar-refractivity contribution in [3.05, 3.63) is 11.5 Å². The van der Waals surface area contributed by atoms with E-state index in [4.69, 9.17) is 9.98 Å². The second-order valence-electron chi connectivity index (χ2n) is 8.85. The highest BCUT2D eigenvalue weighted by Gasteiger charge is 2.51. The molecule has 146 valence electrons. The fraction of sp³-hybridized carbons (Fsp3) is 0.750. The van der Waals surface area contributed by atoms with Crippen LogP contribution in [0.25, 0.3) is 0 Å². The van der Waals surface area contributed by atoms with E-state index >= 15 is 0 Å². The maximum absolute atomic E-state index is 13.1. The van der Waals surface area contributed by atoms with Crippen molar-refractivity contribution < 1.29 is 9.90 Å². The predicted octanol–water partition coefficient (Wildman–Crippen LogP) is 2.94. The second kappa shape index (κ2) is 5.80. The summed E-state index contributed by atoms with van der Waals surface area (Å²) in [5, 5.41) is 10.6. The average Bonchev–Trinajstić information content (AvgIpc) is 3.31. The lowest BCUT2D eigenvalue weighted by Gasteiger charge is -2.49. The van der Waals surface area contributed by atoms with Crippen molar-refractivity contribution in [1.29, 1.82) is 0 Å². The lowest BCUT2D eigenvalue weighted by Crippen LogP contribution is -2.50. The number of hydrogen-bond acceptors (Lipinski definition) is 4. The van der Waals surface area contributed by atoms with Gasteiger partial charge in [0, 0.05) is 12.0 Å². The standard InChI is InChI=1S/C20H29N5O2/c1-3-11-24-16-14(15-21-13(4-2)12-25(15)18(24)26)22-17(23-16)19-5-8-20(27,9-6-19)10-7-19/h13,27H,3-12H2,1-2H3,(H,22,23)/t13-,19?,20?/m0/s1. The van der Waals surface area contributed by atoms with Crippen LogP contribution in [-0.4, -0.2) is 56.6 Å². The molecule has 2 bridgehead atoms. The lowest BCUT2D eigenvalue weighted by atomic mass is 9.58. The van der Waals surface area contributed by atoms with E-state index in [0.29, 0.717) is 13.1 Å². The zero-order valence-corrected chi connectivity index (χ0v) is 16.3. The first-order valence-corrected chi connectivity index (χ1v) is 10.5. The summed E-state index contributed by atoms with van der Waals surface area (Å²) in [6.45, 7) is 5.54. The fourth-order valence-electron chi connectivity index (χ4n) is 5.32. The molecule has 0 spiro atoms. The Morgan fingerprint density at radius 3 is 2.52 bits per heavy atom. The quantitative estimate of drug-likeness (QED) is 0.853. The lowest BCUT2D eigenvalue weighted by molar-refractivity contribution is -0.0678. The third kappa shape index (κ3) is 2.40. The maximum Gasteiger partial charge on any atom is 0.331 e. The number of hydrogen-bond donors (Lipinski definition) is 2. The van der Waals surface area contributed by atoms with Crippen LogP contribution in [0.4, 0.5) is 10.6 Å². The maximum atomic E-state index is 13.1. The molecule has 7 nitrogen and oxygen atoms in total. The van der Waals surface area contributed by atoms with Gasteiger partial charge in [-0.05, 0) is 51.4 Å². The van der Waals surface area contributed by atoms with Gasteiger partial charge in [0.15, 0.2) is 11.7 Å². The number of aliphatic hydroxyl groups is 1. The number of anilines is 1. The normalized spacial score (nSPS) is 34.7. The molecule has 5 aliphatic rings. The van der Waals surface area contributed by atoms with Crippen LogP contribution >= 0.6 is 0 Å². The predicted molar refractivity (Wildman–Crippen MR) is 103 cm³/mol. The summed E-state index contributed by atoms with van der Waals surface area (Å²) in [4.78, 5) is 30.2. The van der Waals surface area contributed by atoms with E-state index in [2.05, 4.69) is 18.8 Å². The minimum atomic E-state index is -0.459. The van der Waals surface area contributed by atoms with Crippen LogP contribution in [0.5, 0.6) is 0 Å². The van der Waals surface area contributed by atoms with Crippen molar-refractivity contribution in [2.75, 3.05) is 18.0 Å². The highest BCUT2D eigenvalue weighted by molar-refractivity contribution is 6.18. The minimum absolute atomic E-state index is 0.0104. The number of carbonyl (C=O) groups is 1. The number of nitrogens with one attached hydrogen (secondary N) is 1. The van der Waals surface area contributed by atoms with Gasteiger partial charge >= 0.3 is 6.03 Å². The number of urea groups is 1. The fourth-order valence-corrected chi connectivity index (χ4v) is 5.32. The molecule has 3 aliphatic carbocycles. The Balaban J connectivity index is 1.58. The van der Waals surface area contributed by atoms with Gasteiger partial charge < -0.3 is 10.1 Å². The van der Waals surface area contributed by atoms with Crippen LogP contribution in [0, 0.1) is 0 Å². The number of aromatic nitrogens is 2. The molecule has 7 heteroatoms. The smallest absolute Gasteiger partial charge is 0.331 e. The molecule has 27 heavy (non-hydrogen) atoms. The molecule has 3 heterocycles. The van der Waals surface area contributed by atoms with E-state index in [9.17, 15) is 9.90 Å². The van der Waals surface area contributed by atoms with E-state index in [1.165, 1.54) is 0 Å². The SMILES string of the molecule is CCCN1C(=O)N2C[C@H](CC)N=C2c2[nH]c(C34CCC(O)(CC3)CC4)nc21. The van der Waals surface area contributed by atoms with Crippen molar-refractivity contribution in [3.63, 3.8) is 0 Å². The van der Waals surface area contributed by atoms with Gasteiger partial charge in [-0.2, -0.15) is 0 Å². The minimum Gasteiger partial charge on any atom is -0.390 e. The number of nitrogens with zero attached hydrogens (tertiary/aromatic N) is 4. The monoisotopic (exact) mass is 371 g/mol. The first-order chi connectivity index (χ1) is 13.0. The Morgan fingerprint density at radius 1 is 1.19 bits per heavy atom. The molecule has 2 aliphatic heterocycles. The van der Waals surface area contributed by atoms with Crippen LogP contribution in [0.3, 0.4) is 0 Å². The number of carbonyl (C=O) groups excluding carboxylic acids is 1. The molecule has 0 radical (unpaired) electrons. The van der Waals surface area contributed by atoms with Crippen molar-refractivity contribution in [2.45, 2.75) is 82.3 Å². The van der Waals surface area contributed by atoms with Gasteiger partial charge in [-0.25, -0.2) is 9.78 Å². The summed E-state index contributed by atoms with van der Waals surface area (Å²) < 4.78 is 0. The van der Waals surface area contributed by atoms with Crippen molar-refractivity contribution >= 4 is 17.7 Å². The Hall–Kier alpha value is -1.89. The summed E-state index contributed by atoms with van der Waals surface area (Å²) in [6.07, 6.45) is 7.26. The van der Waals surface area contributed by atoms with Crippen LogP contribution in [-0.2, 0) is 5.41 Å². The highest BCUT2D eigenvalue weighted by atomic mass is 16.3. The van der Waals surface area contributed by atoms with Crippen LogP contribution in [0.2, 0.25) is 0 Å². The van der Waals surface area contributed by atoms with Gasteiger partial charge in [-0.1, -0.05) is 13.8 Å². The summed E-state index contributed by atoms with van der Waals surface area (Å²) in [5.74, 6) is 2.52. The summed E-state index contributed by atoms with van der Waals surface area (Å²) in [7, 11) is 0. The zero-order chi connectivity index (χ0) is 18.8. The van der Waals surface area contributed by atoms with E-state index in [1.807, 2.05) is 9.80 Å². The number of aliphatic imine (C=N–C) groups is 1. The van der Waals surface area contributed by atoms with Gasteiger partial charge in [-0.15, -0.1) is 0 Å². The molecule has 2 N–H and O–H groups in total. The number of fused-ring (bicyclic) bond motifs is 6. The topological polar surface area (TPSA) is 84.8 Å². The third-order valence-corrected chi connectivity index (χ3v) is 7.21. The largest absolute Gasteiger partial charge is 0.390 e. The molecular weight excluding hydrogens is 342 g/mol. The molecule has 1 atom stereocenters. The van der Waals surface area contributed by atoms with Crippen molar-refractivity contribution in [3.8, 4) is 0 Å². The van der Waals surface area contributed by atoms with Crippen molar-refractivity contribution in [1.82, 2.24) is 14.9 Å². The molecular formula is C20H29N5O2. The highest BCUT2D eigenvalue weighted by Crippen LogP contribution is 2.53. The third-order valence-electron chi connectivity index (χ3n) is 7.21. The van der Waals surface area contributed by atoms with Gasteiger partial charge in [-0.3, -0.25) is 14.8 Å². The first-order valence-electron chi connectivity index (χ1n) is 10.5. The Kier molecular flexibility index (Phi) is 3.70. The van der Waals surface area contributed by atoms with Crippen LogP contribution in [0.1, 0.15) is 76.7 Å². The number of amides is 2. The molecule has 0 saturated heterocycles. The number of rotatable bonds is 4. The summed E-state index contributed by atoms with van der Waals surface area (Å²) >= 11 is 0. The molecule has 2 amide bonds. The summed E-state index contributed by atoms with van der Waals surface area (Å²) in [6, 6.07) is 0.180. The molecule has 3 saturated carbocycles.